The first-order valence-corrected chi connectivity index (χ1v) is 17.6. The lowest BCUT2D eigenvalue weighted by molar-refractivity contribution is -0.139. The van der Waals surface area contributed by atoms with E-state index in [0.29, 0.717) is 54.8 Å². The number of hydrogen-bond acceptors (Lipinski definition) is 9. The SMILES string of the molecule is CCOC(=O)C1=C(C)N=c2s/c(=C\c3cc(Cl)cc(I)c3OCc3ccc(C(=O)OCC)cc3)c(=O)n2[C@H]1c1ccccc1OC(C)C. The summed E-state index contributed by atoms with van der Waals surface area (Å²) in [6.45, 7) is 9.74. The molecule has 1 atom stereocenters. The van der Waals surface area contributed by atoms with E-state index in [4.69, 9.17) is 35.5 Å². The zero-order valence-corrected chi connectivity index (χ0v) is 30.8. The number of para-hydroxylation sites is 1. The molecule has 0 aliphatic carbocycles. The highest BCUT2D eigenvalue weighted by molar-refractivity contribution is 14.1. The smallest absolute Gasteiger partial charge is 0.338 e. The van der Waals surface area contributed by atoms with Gasteiger partial charge in [-0.1, -0.05) is 53.3 Å². The fraction of sp³-hybridized carbons (Fsp3) is 0.278. The number of aromatic nitrogens is 1. The van der Waals surface area contributed by atoms with Crippen LogP contribution in [0.25, 0.3) is 6.08 Å². The van der Waals surface area contributed by atoms with E-state index in [1.807, 2.05) is 38.1 Å². The number of ether oxygens (including phenoxy) is 4. The topological polar surface area (TPSA) is 105 Å². The molecule has 1 aliphatic rings. The molecule has 1 aliphatic heterocycles. The van der Waals surface area contributed by atoms with Crippen molar-refractivity contribution in [3.8, 4) is 11.5 Å². The second-order valence-electron chi connectivity index (χ2n) is 11.0. The van der Waals surface area contributed by atoms with E-state index in [2.05, 4.69) is 22.6 Å². The quantitative estimate of drug-likeness (QED) is 0.124. The number of esters is 2. The minimum absolute atomic E-state index is 0.141. The van der Waals surface area contributed by atoms with Crippen LogP contribution < -0.4 is 24.4 Å². The van der Waals surface area contributed by atoms with E-state index < -0.39 is 12.0 Å². The van der Waals surface area contributed by atoms with Gasteiger partial charge in [0.15, 0.2) is 4.80 Å². The van der Waals surface area contributed by atoms with Crippen LogP contribution in [0.3, 0.4) is 0 Å². The number of nitrogens with zero attached hydrogens (tertiary/aromatic N) is 2. The Morgan fingerprint density at radius 1 is 1.04 bits per heavy atom. The minimum Gasteiger partial charge on any atom is -0.491 e. The number of fused-ring (bicyclic) bond motifs is 1. The molecule has 3 aromatic carbocycles. The number of carbonyl (C=O) groups excluding carboxylic acids is 2. The molecule has 0 N–H and O–H groups in total. The van der Waals surface area contributed by atoms with Crippen molar-refractivity contribution in [1.82, 2.24) is 4.57 Å². The van der Waals surface area contributed by atoms with E-state index >= 15 is 0 Å². The molecule has 0 fully saturated rings. The summed E-state index contributed by atoms with van der Waals surface area (Å²) in [5.74, 6) is 0.159. The second-order valence-corrected chi connectivity index (χ2v) is 13.6. The Bertz CT molecular complexity index is 2070. The van der Waals surface area contributed by atoms with Crippen molar-refractivity contribution in [2.45, 2.75) is 53.4 Å². The molecule has 5 rings (SSSR count). The van der Waals surface area contributed by atoms with Gasteiger partial charge in [0.2, 0.25) is 0 Å². The molecule has 0 radical (unpaired) electrons. The first kappa shape index (κ1) is 35.4. The Balaban J connectivity index is 1.60. The predicted molar refractivity (Wildman–Crippen MR) is 194 cm³/mol. The number of allylic oxidation sites excluding steroid dienone is 1. The summed E-state index contributed by atoms with van der Waals surface area (Å²) >= 11 is 9.84. The minimum atomic E-state index is -0.829. The zero-order chi connectivity index (χ0) is 34.5. The normalized spacial score (nSPS) is 14.4. The number of rotatable bonds is 11. The molecule has 0 saturated heterocycles. The molecule has 12 heteroatoms. The summed E-state index contributed by atoms with van der Waals surface area (Å²) in [7, 11) is 0. The van der Waals surface area contributed by atoms with Crippen molar-refractivity contribution in [2.75, 3.05) is 13.2 Å². The van der Waals surface area contributed by atoms with Crippen LogP contribution in [0.15, 0.2) is 81.7 Å². The van der Waals surface area contributed by atoms with Crippen LogP contribution in [0, 0.1) is 3.57 Å². The number of thiazole rings is 1. The van der Waals surface area contributed by atoms with Crippen LogP contribution in [0.4, 0.5) is 0 Å². The van der Waals surface area contributed by atoms with Gasteiger partial charge in [-0.3, -0.25) is 9.36 Å². The van der Waals surface area contributed by atoms with E-state index in [-0.39, 0.29) is 36.4 Å². The van der Waals surface area contributed by atoms with E-state index in [0.717, 1.165) is 9.13 Å². The lowest BCUT2D eigenvalue weighted by Crippen LogP contribution is -2.40. The fourth-order valence-electron chi connectivity index (χ4n) is 5.24. The van der Waals surface area contributed by atoms with Crippen LogP contribution in [0.1, 0.15) is 67.7 Å². The van der Waals surface area contributed by atoms with Crippen LogP contribution >= 0.6 is 45.5 Å². The first-order valence-electron chi connectivity index (χ1n) is 15.4. The number of carbonyl (C=O) groups is 2. The van der Waals surface area contributed by atoms with E-state index in [9.17, 15) is 14.4 Å². The molecular formula is C36H34ClIN2O7S. The van der Waals surface area contributed by atoms with Crippen molar-refractivity contribution in [1.29, 1.82) is 0 Å². The third-order valence-electron chi connectivity index (χ3n) is 7.27. The van der Waals surface area contributed by atoms with Gasteiger partial charge in [0.1, 0.15) is 24.1 Å². The van der Waals surface area contributed by atoms with Gasteiger partial charge in [0.25, 0.3) is 5.56 Å². The lowest BCUT2D eigenvalue weighted by Gasteiger charge is -2.26. The average Bonchev–Trinajstić information content (AvgIpc) is 3.34. The fourth-order valence-corrected chi connectivity index (χ4v) is 7.49. The van der Waals surface area contributed by atoms with Crippen LogP contribution in [0.5, 0.6) is 11.5 Å². The maximum atomic E-state index is 14.3. The Labute approximate surface area is 300 Å². The molecule has 48 heavy (non-hydrogen) atoms. The van der Waals surface area contributed by atoms with Gasteiger partial charge in [0, 0.05) is 16.1 Å². The highest BCUT2D eigenvalue weighted by Crippen LogP contribution is 2.36. The van der Waals surface area contributed by atoms with E-state index in [1.165, 1.54) is 15.9 Å². The first-order chi connectivity index (χ1) is 23.0. The summed E-state index contributed by atoms with van der Waals surface area (Å²) < 4.78 is 25.6. The molecule has 4 aromatic rings. The molecule has 0 unspecified atom stereocenters. The number of halogens is 2. The van der Waals surface area contributed by atoms with E-state index in [1.54, 1.807) is 63.2 Å². The third-order valence-corrected chi connectivity index (χ3v) is 9.27. The van der Waals surface area contributed by atoms with Gasteiger partial charge in [-0.05, 0) is 99.2 Å². The molecule has 0 spiro atoms. The highest BCUT2D eigenvalue weighted by atomic mass is 127. The summed E-state index contributed by atoms with van der Waals surface area (Å²) in [5, 5.41) is 0.475. The van der Waals surface area contributed by atoms with Gasteiger partial charge in [-0.15, -0.1) is 0 Å². The molecule has 0 amide bonds. The number of benzene rings is 3. The monoisotopic (exact) mass is 800 g/mol. The summed E-state index contributed by atoms with van der Waals surface area (Å²) in [6.07, 6.45) is 1.59. The molecule has 0 bridgehead atoms. The van der Waals surface area contributed by atoms with Gasteiger partial charge < -0.3 is 18.9 Å². The third kappa shape index (κ3) is 7.68. The average molecular weight is 801 g/mol. The Morgan fingerprint density at radius 3 is 2.42 bits per heavy atom. The highest BCUT2D eigenvalue weighted by Gasteiger charge is 2.35. The number of hydrogen-bond donors (Lipinski definition) is 0. The van der Waals surface area contributed by atoms with Crippen LogP contribution in [0.2, 0.25) is 5.02 Å². The van der Waals surface area contributed by atoms with Gasteiger partial charge in [0.05, 0.1) is 44.3 Å². The second kappa shape index (κ2) is 15.5. The van der Waals surface area contributed by atoms with Crippen LogP contribution in [-0.2, 0) is 20.9 Å². The molecular weight excluding hydrogens is 767 g/mol. The molecule has 250 valence electrons. The van der Waals surface area contributed by atoms with Gasteiger partial charge in [-0.2, -0.15) is 0 Å². The predicted octanol–water partition coefficient (Wildman–Crippen LogP) is 6.60. The maximum absolute atomic E-state index is 14.3. The summed E-state index contributed by atoms with van der Waals surface area (Å²) in [6, 6.07) is 17.0. The van der Waals surface area contributed by atoms with Crippen molar-refractivity contribution in [3.05, 3.63) is 122 Å². The van der Waals surface area contributed by atoms with Crippen molar-refractivity contribution in [2.24, 2.45) is 4.99 Å². The largest absolute Gasteiger partial charge is 0.491 e. The molecule has 2 heterocycles. The summed E-state index contributed by atoms with van der Waals surface area (Å²) in [5.41, 5.74) is 2.92. The van der Waals surface area contributed by atoms with Crippen molar-refractivity contribution in [3.63, 3.8) is 0 Å². The summed E-state index contributed by atoms with van der Waals surface area (Å²) in [4.78, 5) is 44.9. The Kier molecular flexibility index (Phi) is 11.4. The molecule has 0 saturated carbocycles. The van der Waals surface area contributed by atoms with Crippen molar-refractivity contribution >= 4 is 63.5 Å². The zero-order valence-electron chi connectivity index (χ0n) is 27.0. The standard InChI is InChI=1S/C36H34ClIN2O7S/c1-6-44-34(42)23-14-12-22(13-15-23)19-46-32-24(16-25(37)18-27(32)38)17-29-33(41)40-31(26-10-8-9-11-28(26)47-20(3)4)30(35(43)45-7-2)21(5)39-36(40)48-29/h8-18,20,31H,6-7,19H2,1-5H3/b29-17-/t31-/m0/s1. The Hall–Kier alpha value is -3.94. The maximum Gasteiger partial charge on any atom is 0.338 e. The van der Waals surface area contributed by atoms with Gasteiger partial charge in [-0.25, -0.2) is 14.6 Å². The van der Waals surface area contributed by atoms with Crippen LogP contribution in [-0.4, -0.2) is 35.8 Å². The van der Waals surface area contributed by atoms with Crippen molar-refractivity contribution < 1.29 is 28.5 Å². The molecule has 9 nitrogen and oxygen atoms in total. The Morgan fingerprint density at radius 2 is 1.73 bits per heavy atom. The molecule has 1 aromatic heterocycles. The lowest BCUT2D eigenvalue weighted by atomic mass is 9.95. The van der Waals surface area contributed by atoms with Gasteiger partial charge >= 0.3 is 11.9 Å².